The van der Waals surface area contributed by atoms with Crippen LogP contribution in [0.15, 0.2) is 47.5 Å². The zero-order valence-electron chi connectivity index (χ0n) is 18.3. The molecule has 0 radical (unpaired) electrons. The van der Waals surface area contributed by atoms with Crippen molar-refractivity contribution < 1.29 is 32.2 Å². The third kappa shape index (κ3) is 5.53. The number of halogens is 2. The Morgan fingerprint density at radius 3 is 2.41 bits per heavy atom. The molecule has 0 spiro atoms. The zero-order valence-corrected chi connectivity index (χ0v) is 19.2. The second-order valence-electron chi connectivity index (χ2n) is 8.83. The maximum Gasteiger partial charge on any atom is 0.257 e. The van der Waals surface area contributed by atoms with Gasteiger partial charge in [0.05, 0.1) is 29.4 Å². The van der Waals surface area contributed by atoms with E-state index in [0.29, 0.717) is 18.4 Å². The van der Waals surface area contributed by atoms with Crippen LogP contribution in [0, 0.1) is 5.92 Å². The summed E-state index contributed by atoms with van der Waals surface area (Å²) < 4.78 is 53.8. The monoisotopic (exact) mass is 495 g/mol. The molecule has 8 nitrogen and oxygen atoms in total. The van der Waals surface area contributed by atoms with Gasteiger partial charge in [0.1, 0.15) is 12.3 Å². The fraction of sp³-hybridized carbons (Fsp3) is 0.478. The van der Waals surface area contributed by atoms with Crippen molar-refractivity contribution >= 4 is 27.1 Å². The highest BCUT2D eigenvalue weighted by Gasteiger charge is 2.37. The van der Waals surface area contributed by atoms with Gasteiger partial charge in [0.15, 0.2) is 15.7 Å². The van der Waals surface area contributed by atoms with Gasteiger partial charge in [-0.3, -0.25) is 9.48 Å². The second-order valence-corrected chi connectivity index (χ2v) is 11.1. The number of rotatable bonds is 9. The van der Waals surface area contributed by atoms with Gasteiger partial charge < -0.3 is 15.5 Å². The van der Waals surface area contributed by atoms with Crippen LogP contribution >= 0.6 is 0 Å². The van der Waals surface area contributed by atoms with Crippen molar-refractivity contribution in [1.82, 2.24) is 9.78 Å². The number of amides is 1. The molecule has 1 aromatic heterocycles. The van der Waals surface area contributed by atoms with Crippen LogP contribution in [-0.2, 0) is 21.2 Å². The molecule has 2 saturated carbocycles. The average Bonchev–Trinajstić information content (AvgIpc) is 3.52. The molecule has 11 heteroatoms. The molecule has 4 rings (SSSR count). The van der Waals surface area contributed by atoms with Gasteiger partial charge in [-0.15, -0.1) is 0 Å². The fourth-order valence-electron chi connectivity index (χ4n) is 4.03. The van der Waals surface area contributed by atoms with Crippen molar-refractivity contribution in [2.24, 2.45) is 5.92 Å². The van der Waals surface area contributed by atoms with Crippen LogP contribution in [0.2, 0.25) is 0 Å². The number of carbonyl (C=O) groups excluding carboxylic acids is 1. The van der Waals surface area contributed by atoms with Crippen molar-refractivity contribution in [3.05, 3.63) is 48.2 Å². The molecule has 0 saturated heterocycles. The Balaban J connectivity index is 1.57. The molecule has 1 amide bonds. The third-order valence-electron chi connectivity index (χ3n) is 6.04. The summed E-state index contributed by atoms with van der Waals surface area (Å²) in [5.41, 5.74) is 0.576. The Kier molecular flexibility index (Phi) is 7.15. The van der Waals surface area contributed by atoms with Gasteiger partial charge in [0.25, 0.3) is 5.91 Å². The molecule has 2 unspecified atom stereocenters. The van der Waals surface area contributed by atoms with Crippen LogP contribution < -0.4 is 5.32 Å². The number of aliphatic hydroxyl groups is 2. The summed E-state index contributed by atoms with van der Waals surface area (Å²) in [6, 6.07) is 7.44. The maximum absolute atomic E-state index is 13.7. The van der Waals surface area contributed by atoms with Crippen LogP contribution in [0.25, 0.3) is 5.57 Å². The van der Waals surface area contributed by atoms with E-state index in [-0.39, 0.29) is 40.9 Å². The van der Waals surface area contributed by atoms with Gasteiger partial charge in [-0.05, 0) is 49.3 Å². The summed E-state index contributed by atoms with van der Waals surface area (Å²) in [5, 5.41) is 24.9. The molecule has 1 heterocycles. The lowest BCUT2D eigenvalue weighted by molar-refractivity contribution is -0.111. The predicted molar refractivity (Wildman–Crippen MR) is 121 cm³/mol. The van der Waals surface area contributed by atoms with E-state index in [2.05, 4.69) is 10.4 Å². The largest absolute Gasteiger partial charge is 0.394 e. The van der Waals surface area contributed by atoms with Gasteiger partial charge in [0, 0.05) is 17.8 Å². The summed E-state index contributed by atoms with van der Waals surface area (Å²) in [4.78, 5) is 13.3. The minimum Gasteiger partial charge on any atom is -0.394 e. The average molecular weight is 496 g/mol. The third-order valence-corrected chi connectivity index (χ3v) is 8.32. The summed E-state index contributed by atoms with van der Waals surface area (Å²) in [6.07, 6.45) is 0.0438. The van der Waals surface area contributed by atoms with E-state index in [1.54, 1.807) is 0 Å². The van der Waals surface area contributed by atoms with Crippen LogP contribution in [-0.4, -0.2) is 64.6 Å². The Morgan fingerprint density at radius 1 is 1.18 bits per heavy atom. The molecule has 0 bridgehead atoms. The number of sulfone groups is 1. The quantitative estimate of drug-likeness (QED) is 0.459. The number of aromatic nitrogens is 2. The number of allylic oxidation sites excluding steroid dienone is 1. The Labute approximate surface area is 196 Å². The molecule has 184 valence electrons. The Morgan fingerprint density at radius 2 is 1.82 bits per heavy atom. The SMILES string of the molecule is O=C(Nc1ccn(C[C@H](O)CO)n1)/C(=C/C1CC(F)C(F)C1)c1ccc(S(=O)(=O)C2CC2)cc1. The molecular formula is C23H27F2N3O5S. The van der Waals surface area contributed by atoms with Gasteiger partial charge >= 0.3 is 0 Å². The molecule has 2 aromatic rings. The molecular weight excluding hydrogens is 468 g/mol. The molecule has 2 aliphatic rings. The molecule has 3 atom stereocenters. The summed E-state index contributed by atoms with van der Waals surface area (Å²) in [6.45, 7) is -0.405. The number of benzene rings is 1. The van der Waals surface area contributed by atoms with E-state index in [9.17, 15) is 27.1 Å². The second kappa shape index (κ2) is 9.93. The number of carbonyl (C=O) groups is 1. The van der Waals surface area contributed by atoms with Crippen molar-refractivity contribution in [2.45, 2.75) is 60.8 Å². The van der Waals surface area contributed by atoms with E-state index in [1.807, 2.05) is 0 Å². The number of anilines is 1. The highest BCUT2D eigenvalue weighted by atomic mass is 32.2. The number of alkyl halides is 2. The first kappa shape index (κ1) is 24.5. The molecule has 34 heavy (non-hydrogen) atoms. The first-order valence-corrected chi connectivity index (χ1v) is 12.7. The van der Waals surface area contributed by atoms with E-state index in [1.165, 1.54) is 47.3 Å². The van der Waals surface area contributed by atoms with Crippen molar-refractivity contribution in [1.29, 1.82) is 0 Å². The van der Waals surface area contributed by atoms with E-state index >= 15 is 0 Å². The van der Waals surface area contributed by atoms with Crippen molar-refractivity contribution in [2.75, 3.05) is 11.9 Å². The summed E-state index contributed by atoms with van der Waals surface area (Å²) >= 11 is 0. The normalized spacial score (nSPS) is 24.2. The topological polar surface area (TPSA) is 122 Å². The number of nitrogens with zero attached hydrogens (tertiary/aromatic N) is 2. The van der Waals surface area contributed by atoms with Crippen LogP contribution in [0.5, 0.6) is 0 Å². The fourth-order valence-corrected chi connectivity index (χ4v) is 5.68. The summed E-state index contributed by atoms with van der Waals surface area (Å²) in [5.74, 6) is -0.867. The zero-order chi connectivity index (χ0) is 24.5. The minimum atomic E-state index is -3.39. The highest BCUT2D eigenvalue weighted by Crippen LogP contribution is 2.36. The molecule has 1 aromatic carbocycles. The van der Waals surface area contributed by atoms with Gasteiger partial charge in [-0.2, -0.15) is 5.10 Å². The lowest BCUT2D eigenvalue weighted by Crippen LogP contribution is -2.20. The summed E-state index contributed by atoms with van der Waals surface area (Å²) in [7, 11) is -3.39. The Bertz CT molecular complexity index is 1150. The number of hydrogen-bond acceptors (Lipinski definition) is 6. The predicted octanol–water partition coefficient (Wildman–Crippen LogP) is 2.28. The molecule has 2 aliphatic carbocycles. The first-order valence-electron chi connectivity index (χ1n) is 11.2. The lowest BCUT2D eigenvalue weighted by Gasteiger charge is -2.12. The molecule has 0 aliphatic heterocycles. The number of hydrogen-bond donors (Lipinski definition) is 3. The van der Waals surface area contributed by atoms with Crippen molar-refractivity contribution in [3.8, 4) is 0 Å². The lowest BCUT2D eigenvalue weighted by atomic mass is 9.98. The number of aliphatic hydroxyl groups excluding tert-OH is 2. The molecule has 2 fully saturated rings. The highest BCUT2D eigenvalue weighted by molar-refractivity contribution is 7.92. The smallest absolute Gasteiger partial charge is 0.257 e. The van der Waals surface area contributed by atoms with Gasteiger partial charge in [0.2, 0.25) is 0 Å². The number of nitrogens with one attached hydrogen (secondary N) is 1. The minimum absolute atomic E-state index is 0.0316. The van der Waals surface area contributed by atoms with Crippen LogP contribution in [0.4, 0.5) is 14.6 Å². The van der Waals surface area contributed by atoms with E-state index in [4.69, 9.17) is 5.11 Å². The van der Waals surface area contributed by atoms with E-state index < -0.39 is 46.7 Å². The standard InChI is InChI=1S/C23H27F2N3O5S/c24-20-10-14(11-21(20)25)9-19(15-1-3-17(4-2-15)34(32,33)18-5-6-18)23(31)26-22-7-8-28(27-22)12-16(30)13-29/h1-4,7-9,14,16,18,20-21,29-30H,5-6,10-13H2,(H,26,27,31)/b19-9+/t14?,16-,20?,21?/m0/s1. The molecule has 3 N–H and O–H groups in total. The van der Waals surface area contributed by atoms with E-state index in [0.717, 1.165) is 0 Å². The van der Waals surface area contributed by atoms with Gasteiger partial charge in [-0.25, -0.2) is 17.2 Å². The van der Waals surface area contributed by atoms with Crippen LogP contribution in [0.3, 0.4) is 0 Å². The van der Waals surface area contributed by atoms with Crippen molar-refractivity contribution in [3.63, 3.8) is 0 Å². The first-order chi connectivity index (χ1) is 16.2. The Hall–Kier alpha value is -2.63. The van der Waals surface area contributed by atoms with Crippen LogP contribution in [0.1, 0.15) is 31.2 Å². The van der Waals surface area contributed by atoms with Gasteiger partial charge in [-0.1, -0.05) is 18.2 Å². The maximum atomic E-state index is 13.7.